The van der Waals surface area contributed by atoms with Gasteiger partial charge >= 0.3 is 0 Å². The normalized spacial score (nSPS) is 16.2. The summed E-state index contributed by atoms with van der Waals surface area (Å²) in [5.41, 5.74) is 4.61. The van der Waals surface area contributed by atoms with Gasteiger partial charge in [-0.2, -0.15) is 10.2 Å². The Morgan fingerprint density at radius 2 is 1.97 bits per heavy atom. The zero-order chi connectivity index (χ0) is 22.9. The van der Waals surface area contributed by atoms with E-state index < -0.39 is 0 Å². The Morgan fingerprint density at radius 3 is 2.76 bits per heavy atom. The minimum absolute atomic E-state index is 0.188. The molecule has 0 unspecified atom stereocenters. The summed E-state index contributed by atoms with van der Waals surface area (Å²) in [6, 6.07) is 8.01. The fourth-order valence-electron chi connectivity index (χ4n) is 4.03. The van der Waals surface area contributed by atoms with Gasteiger partial charge < -0.3 is 10.2 Å². The first-order valence-electron chi connectivity index (χ1n) is 11.1. The van der Waals surface area contributed by atoms with E-state index in [0.717, 1.165) is 34.1 Å². The number of hydrogen-bond donors (Lipinski definition) is 1. The monoisotopic (exact) mass is 442 g/mol. The Bertz CT molecular complexity index is 1310. The minimum atomic E-state index is 0.188. The van der Waals surface area contributed by atoms with Crippen molar-refractivity contribution in [1.82, 2.24) is 34.8 Å². The van der Waals surface area contributed by atoms with Gasteiger partial charge in [0.05, 0.1) is 36.0 Å². The van der Waals surface area contributed by atoms with Crippen LogP contribution < -0.4 is 5.32 Å². The predicted octanol–water partition coefficient (Wildman–Crippen LogP) is 3.77. The van der Waals surface area contributed by atoms with E-state index in [1.54, 1.807) is 6.20 Å². The second-order valence-corrected chi connectivity index (χ2v) is 8.76. The Morgan fingerprint density at radius 1 is 1.09 bits per heavy atom. The van der Waals surface area contributed by atoms with Crippen molar-refractivity contribution in [2.75, 3.05) is 12.4 Å². The number of nitrogens with zero attached hydrogens (tertiary/aromatic N) is 7. The molecule has 1 fully saturated rings. The quantitative estimate of drug-likeness (QED) is 0.485. The molecule has 4 aromatic heterocycles. The van der Waals surface area contributed by atoms with Crippen molar-refractivity contribution in [1.29, 1.82) is 0 Å². The number of likely N-dealkylation sites (tertiary alicyclic amines) is 1. The highest BCUT2D eigenvalue weighted by Crippen LogP contribution is 2.25. The second kappa shape index (κ2) is 8.57. The van der Waals surface area contributed by atoms with Gasteiger partial charge in [0, 0.05) is 37.0 Å². The molecule has 1 N–H and O–H groups in total. The molecular weight excluding hydrogens is 416 g/mol. The number of nitrogens with one attached hydrogen (secondary N) is 1. The lowest BCUT2D eigenvalue weighted by molar-refractivity contribution is -0.127. The Balaban J connectivity index is 1.36. The summed E-state index contributed by atoms with van der Waals surface area (Å²) in [5.74, 6) is 1.91. The number of hydrogen-bond acceptors (Lipinski definition) is 7. The SMILES string of the molecule is CC(C)c1cnnc(Nc2ccc3ncc(-c4cnn(C[C@H]5CCC(=O)N5C)c4)cc3n2)c1. The van der Waals surface area contributed by atoms with Crippen LogP contribution in [0.1, 0.15) is 38.2 Å². The van der Waals surface area contributed by atoms with Crippen LogP contribution in [0, 0.1) is 0 Å². The van der Waals surface area contributed by atoms with Crippen LogP contribution in [0.2, 0.25) is 0 Å². The van der Waals surface area contributed by atoms with E-state index in [1.807, 2.05) is 59.5 Å². The van der Waals surface area contributed by atoms with Crippen molar-refractivity contribution in [3.8, 4) is 11.1 Å². The number of carbonyl (C=O) groups is 1. The Labute approximate surface area is 191 Å². The maximum atomic E-state index is 11.8. The van der Waals surface area contributed by atoms with Gasteiger partial charge in [0.25, 0.3) is 0 Å². The van der Waals surface area contributed by atoms with E-state index in [1.165, 1.54) is 0 Å². The molecule has 9 heteroatoms. The summed E-state index contributed by atoms with van der Waals surface area (Å²) in [5, 5.41) is 16.0. The lowest BCUT2D eigenvalue weighted by atomic mass is 10.1. The molecule has 0 aliphatic carbocycles. The molecule has 4 aromatic rings. The van der Waals surface area contributed by atoms with Crippen LogP contribution >= 0.6 is 0 Å². The molecule has 0 aromatic carbocycles. The molecule has 9 nitrogen and oxygen atoms in total. The summed E-state index contributed by atoms with van der Waals surface area (Å²) in [6.07, 6.45) is 8.92. The van der Waals surface area contributed by atoms with Gasteiger partial charge in [-0.1, -0.05) is 13.8 Å². The van der Waals surface area contributed by atoms with Crippen LogP contribution in [0.3, 0.4) is 0 Å². The molecule has 1 atom stereocenters. The lowest BCUT2D eigenvalue weighted by Crippen LogP contribution is -2.32. The molecule has 5 rings (SSSR count). The van der Waals surface area contributed by atoms with Crippen LogP contribution in [0.4, 0.5) is 11.6 Å². The van der Waals surface area contributed by atoms with Gasteiger partial charge in [-0.15, -0.1) is 5.10 Å². The van der Waals surface area contributed by atoms with E-state index in [-0.39, 0.29) is 11.9 Å². The number of rotatable bonds is 6. The summed E-state index contributed by atoms with van der Waals surface area (Å²) < 4.78 is 1.89. The second-order valence-electron chi connectivity index (χ2n) is 8.76. The molecule has 5 heterocycles. The number of likely N-dealkylation sites (N-methyl/N-ethyl adjacent to an activating group) is 1. The molecule has 1 saturated heterocycles. The van der Waals surface area contributed by atoms with Gasteiger partial charge in [-0.05, 0) is 42.2 Å². The number of amides is 1. The number of fused-ring (bicyclic) bond motifs is 1. The maximum Gasteiger partial charge on any atom is 0.222 e. The van der Waals surface area contributed by atoms with Gasteiger partial charge in [0.2, 0.25) is 5.91 Å². The summed E-state index contributed by atoms with van der Waals surface area (Å²) in [6.45, 7) is 4.93. The highest BCUT2D eigenvalue weighted by Gasteiger charge is 2.27. The first-order chi connectivity index (χ1) is 16.0. The average Bonchev–Trinajstić information content (AvgIpc) is 3.41. The van der Waals surface area contributed by atoms with Crippen molar-refractivity contribution in [2.45, 2.75) is 45.2 Å². The van der Waals surface area contributed by atoms with E-state index in [4.69, 9.17) is 4.98 Å². The zero-order valence-electron chi connectivity index (χ0n) is 18.9. The van der Waals surface area contributed by atoms with Crippen LogP contribution in [-0.2, 0) is 11.3 Å². The molecule has 1 aliphatic rings. The maximum absolute atomic E-state index is 11.8. The molecule has 0 spiro atoms. The lowest BCUT2D eigenvalue weighted by Gasteiger charge is -2.19. The number of aromatic nitrogens is 6. The van der Waals surface area contributed by atoms with Crippen LogP contribution in [0.5, 0.6) is 0 Å². The van der Waals surface area contributed by atoms with Crippen LogP contribution in [0.15, 0.2) is 49.1 Å². The van der Waals surface area contributed by atoms with Crippen molar-refractivity contribution in [2.24, 2.45) is 0 Å². The van der Waals surface area contributed by atoms with Crippen LogP contribution in [-0.4, -0.2) is 53.8 Å². The van der Waals surface area contributed by atoms with Crippen LogP contribution in [0.25, 0.3) is 22.2 Å². The first-order valence-corrected chi connectivity index (χ1v) is 11.1. The molecule has 0 saturated carbocycles. The summed E-state index contributed by atoms with van der Waals surface area (Å²) >= 11 is 0. The van der Waals surface area contributed by atoms with E-state index in [9.17, 15) is 4.79 Å². The predicted molar refractivity (Wildman–Crippen MR) is 126 cm³/mol. The first kappa shape index (κ1) is 21.0. The fraction of sp³-hybridized carbons (Fsp3) is 0.333. The molecule has 33 heavy (non-hydrogen) atoms. The van der Waals surface area contributed by atoms with Gasteiger partial charge in [0.15, 0.2) is 5.82 Å². The highest BCUT2D eigenvalue weighted by atomic mass is 16.2. The molecule has 1 amide bonds. The van der Waals surface area contributed by atoms with Crippen molar-refractivity contribution in [3.63, 3.8) is 0 Å². The highest BCUT2D eigenvalue weighted by molar-refractivity contribution is 5.81. The molecule has 1 aliphatic heterocycles. The standard InChI is InChI=1S/C24H26N8O/c1-15(2)16-9-23(30-26-11-16)29-22-6-5-20-21(28-22)8-17(10-25-20)18-12-27-32(13-18)14-19-4-7-24(33)31(19)3/h5-6,8-13,15,19H,4,7,14H2,1-3H3,(H,28,29,30)/t19-/m1/s1. The Kier molecular flexibility index (Phi) is 5.45. The summed E-state index contributed by atoms with van der Waals surface area (Å²) in [7, 11) is 1.86. The number of anilines is 2. The zero-order valence-corrected chi connectivity index (χ0v) is 18.9. The molecular formula is C24H26N8O. The topological polar surface area (TPSA) is 102 Å². The molecule has 0 bridgehead atoms. The van der Waals surface area contributed by atoms with Gasteiger partial charge in [0.1, 0.15) is 5.82 Å². The van der Waals surface area contributed by atoms with Gasteiger partial charge in [-0.25, -0.2) is 4.98 Å². The smallest absolute Gasteiger partial charge is 0.222 e. The van der Waals surface area contributed by atoms with Gasteiger partial charge in [-0.3, -0.25) is 14.5 Å². The third-order valence-corrected chi connectivity index (χ3v) is 6.13. The van der Waals surface area contributed by atoms with Crippen molar-refractivity contribution >= 4 is 28.6 Å². The van der Waals surface area contributed by atoms with Crippen molar-refractivity contribution < 1.29 is 4.79 Å². The summed E-state index contributed by atoms with van der Waals surface area (Å²) in [4.78, 5) is 22.9. The van der Waals surface area contributed by atoms with E-state index in [0.29, 0.717) is 30.5 Å². The number of carbonyl (C=O) groups excluding carboxylic acids is 1. The molecule has 168 valence electrons. The average molecular weight is 443 g/mol. The van der Waals surface area contributed by atoms with E-state index >= 15 is 0 Å². The fourth-order valence-corrected chi connectivity index (χ4v) is 4.03. The van der Waals surface area contributed by atoms with Crippen molar-refractivity contribution in [3.05, 3.63) is 54.6 Å². The molecule has 0 radical (unpaired) electrons. The third-order valence-electron chi connectivity index (χ3n) is 6.13. The number of pyridine rings is 2. The Hall–Kier alpha value is -3.88. The minimum Gasteiger partial charge on any atom is -0.341 e. The third kappa shape index (κ3) is 4.39. The van der Waals surface area contributed by atoms with E-state index in [2.05, 4.69) is 39.4 Å². The largest absolute Gasteiger partial charge is 0.341 e.